The third-order valence-corrected chi connectivity index (χ3v) is 3.81. The zero-order chi connectivity index (χ0) is 18.7. The second kappa shape index (κ2) is 7.15. The van der Waals surface area contributed by atoms with Gasteiger partial charge in [0.15, 0.2) is 5.82 Å². The van der Waals surface area contributed by atoms with Crippen LogP contribution < -0.4 is 4.74 Å². The van der Waals surface area contributed by atoms with Gasteiger partial charge in [-0.1, -0.05) is 42.0 Å². The van der Waals surface area contributed by atoms with Crippen molar-refractivity contribution < 1.29 is 17.9 Å². The third kappa shape index (κ3) is 4.39. The van der Waals surface area contributed by atoms with Gasteiger partial charge in [-0.3, -0.25) is 0 Å². The zero-order valence-electron chi connectivity index (χ0n) is 14.3. The summed E-state index contributed by atoms with van der Waals surface area (Å²) < 4.78 is 43.8. The van der Waals surface area contributed by atoms with Crippen molar-refractivity contribution in [1.82, 2.24) is 9.97 Å². The number of aryl methyl sites for hydroxylation is 2. The van der Waals surface area contributed by atoms with Crippen LogP contribution in [0.15, 0.2) is 54.6 Å². The van der Waals surface area contributed by atoms with Gasteiger partial charge in [0.05, 0.1) is 5.56 Å². The minimum atomic E-state index is -4.37. The maximum Gasteiger partial charge on any atom is 0.416 e. The molecule has 3 rings (SSSR count). The summed E-state index contributed by atoms with van der Waals surface area (Å²) in [6, 6.07) is 14.4. The first-order chi connectivity index (χ1) is 12.3. The van der Waals surface area contributed by atoms with Gasteiger partial charge in [-0.05, 0) is 31.5 Å². The molecule has 0 radical (unpaired) electrons. The van der Waals surface area contributed by atoms with E-state index in [1.807, 2.05) is 31.2 Å². The lowest BCUT2D eigenvalue weighted by Gasteiger charge is -2.10. The van der Waals surface area contributed by atoms with Gasteiger partial charge in [-0.25, -0.2) is 4.98 Å². The van der Waals surface area contributed by atoms with Gasteiger partial charge in [0.25, 0.3) is 0 Å². The molecule has 6 heteroatoms. The van der Waals surface area contributed by atoms with Crippen molar-refractivity contribution in [3.8, 4) is 17.3 Å². The molecular formula is C20H17F3N2O. The standard InChI is InChI=1S/C20H17F3N2O/c1-13-3-5-15(6-4-13)12-26-18-11-14(2)24-19(25-18)16-7-9-17(10-8-16)20(21,22)23/h3-11H,12H2,1-2H3. The molecule has 0 amide bonds. The fraction of sp³-hybridized carbons (Fsp3) is 0.200. The fourth-order valence-corrected chi connectivity index (χ4v) is 2.39. The van der Waals surface area contributed by atoms with E-state index in [-0.39, 0.29) is 0 Å². The van der Waals surface area contributed by atoms with Crippen molar-refractivity contribution in [1.29, 1.82) is 0 Å². The molecule has 0 aliphatic rings. The van der Waals surface area contributed by atoms with E-state index in [1.165, 1.54) is 12.1 Å². The van der Waals surface area contributed by atoms with Crippen molar-refractivity contribution >= 4 is 0 Å². The molecule has 0 saturated carbocycles. The predicted molar refractivity (Wildman–Crippen MR) is 92.7 cm³/mol. The lowest BCUT2D eigenvalue weighted by molar-refractivity contribution is -0.137. The molecule has 1 aromatic heterocycles. The highest BCUT2D eigenvalue weighted by Gasteiger charge is 2.30. The lowest BCUT2D eigenvalue weighted by Crippen LogP contribution is -2.04. The van der Waals surface area contributed by atoms with Gasteiger partial charge in [-0.2, -0.15) is 18.2 Å². The smallest absolute Gasteiger partial charge is 0.416 e. The molecule has 3 aromatic rings. The van der Waals surface area contributed by atoms with Gasteiger partial charge in [0.2, 0.25) is 5.88 Å². The van der Waals surface area contributed by atoms with Crippen LogP contribution in [-0.4, -0.2) is 9.97 Å². The number of ether oxygens (including phenoxy) is 1. The minimum Gasteiger partial charge on any atom is -0.473 e. The second-order valence-electron chi connectivity index (χ2n) is 6.02. The first-order valence-corrected chi connectivity index (χ1v) is 8.03. The molecule has 2 aromatic carbocycles. The zero-order valence-corrected chi connectivity index (χ0v) is 14.3. The minimum absolute atomic E-state index is 0.331. The van der Waals surface area contributed by atoms with Crippen LogP contribution in [0.1, 0.15) is 22.4 Å². The lowest BCUT2D eigenvalue weighted by atomic mass is 10.1. The number of rotatable bonds is 4. The van der Waals surface area contributed by atoms with Crippen molar-refractivity contribution in [2.45, 2.75) is 26.6 Å². The first-order valence-electron chi connectivity index (χ1n) is 8.03. The number of benzene rings is 2. The molecule has 1 heterocycles. The molecule has 3 nitrogen and oxygen atoms in total. The first kappa shape index (κ1) is 17.9. The highest BCUT2D eigenvalue weighted by atomic mass is 19.4. The Morgan fingerprint density at radius 3 is 2.15 bits per heavy atom. The summed E-state index contributed by atoms with van der Waals surface area (Å²) >= 11 is 0. The van der Waals surface area contributed by atoms with Crippen molar-refractivity contribution in [2.75, 3.05) is 0 Å². The van der Waals surface area contributed by atoms with Crippen LogP contribution in [0.5, 0.6) is 5.88 Å². The van der Waals surface area contributed by atoms with Gasteiger partial charge in [-0.15, -0.1) is 0 Å². The Hall–Kier alpha value is -2.89. The summed E-state index contributed by atoms with van der Waals surface area (Å²) in [6.45, 7) is 4.14. The fourth-order valence-electron chi connectivity index (χ4n) is 2.39. The Balaban J connectivity index is 1.80. The molecule has 0 unspecified atom stereocenters. The maximum absolute atomic E-state index is 12.7. The van der Waals surface area contributed by atoms with E-state index in [1.54, 1.807) is 13.0 Å². The Morgan fingerprint density at radius 2 is 1.54 bits per heavy atom. The normalized spacial score (nSPS) is 11.4. The monoisotopic (exact) mass is 358 g/mol. The Labute approximate surface area is 149 Å². The topological polar surface area (TPSA) is 35.0 Å². The number of hydrogen-bond donors (Lipinski definition) is 0. The average Bonchev–Trinajstić information content (AvgIpc) is 2.60. The summed E-state index contributed by atoms with van der Waals surface area (Å²) in [5, 5.41) is 0. The molecule has 26 heavy (non-hydrogen) atoms. The maximum atomic E-state index is 12.7. The molecule has 0 aliphatic carbocycles. The van der Waals surface area contributed by atoms with Crippen LogP contribution >= 0.6 is 0 Å². The Morgan fingerprint density at radius 1 is 0.885 bits per heavy atom. The molecule has 0 spiro atoms. The van der Waals surface area contributed by atoms with Gasteiger partial charge in [0, 0.05) is 17.3 Å². The summed E-state index contributed by atoms with van der Waals surface area (Å²) in [7, 11) is 0. The number of hydrogen-bond acceptors (Lipinski definition) is 3. The van der Waals surface area contributed by atoms with E-state index in [2.05, 4.69) is 9.97 Å². The summed E-state index contributed by atoms with van der Waals surface area (Å²) in [5.74, 6) is 0.714. The van der Waals surface area contributed by atoms with Gasteiger partial charge < -0.3 is 4.74 Å². The molecule has 0 N–H and O–H groups in total. The molecule has 0 fully saturated rings. The number of alkyl halides is 3. The van der Waals surface area contributed by atoms with Crippen LogP contribution in [-0.2, 0) is 12.8 Å². The van der Waals surface area contributed by atoms with Crippen molar-refractivity contribution in [2.24, 2.45) is 0 Å². The number of halogens is 3. The number of aromatic nitrogens is 2. The Kier molecular flexibility index (Phi) is 4.93. The molecule has 0 atom stereocenters. The Bertz CT molecular complexity index is 888. The van der Waals surface area contributed by atoms with Crippen LogP contribution in [0, 0.1) is 13.8 Å². The molecule has 0 saturated heterocycles. The molecule has 0 aliphatic heterocycles. The summed E-state index contributed by atoms with van der Waals surface area (Å²) in [4.78, 5) is 8.60. The summed E-state index contributed by atoms with van der Waals surface area (Å²) in [5.41, 5.74) is 2.64. The third-order valence-electron chi connectivity index (χ3n) is 3.81. The van der Waals surface area contributed by atoms with E-state index in [0.717, 1.165) is 23.3 Å². The molecular weight excluding hydrogens is 341 g/mol. The molecule has 0 bridgehead atoms. The predicted octanol–water partition coefficient (Wildman–Crippen LogP) is 5.36. The van der Waals surface area contributed by atoms with E-state index in [0.29, 0.717) is 29.6 Å². The van der Waals surface area contributed by atoms with E-state index >= 15 is 0 Å². The number of nitrogens with zero attached hydrogens (tertiary/aromatic N) is 2. The van der Waals surface area contributed by atoms with Crippen LogP contribution in [0.3, 0.4) is 0 Å². The highest BCUT2D eigenvalue weighted by molar-refractivity contribution is 5.56. The quantitative estimate of drug-likeness (QED) is 0.630. The van der Waals surface area contributed by atoms with Crippen LogP contribution in [0.2, 0.25) is 0 Å². The van der Waals surface area contributed by atoms with Crippen molar-refractivity contribution in [3.63, 3.8) is 0 Å². The van der Waals surface area contributed by atoms with Gasteiger partial charge in [0.1, 0.15) is 6.61 Å². The van der Waals surface area contributed by atoms with E-state index in [9.17, 15) is 13.2 Å². The highest BCUT2D eigenvalue weighted by Crippen LogP contribution is 2.30. The second-order valence-corrected chi connectivity index (χ2v) is 6.02. The molecule has 134 valence electrons. The van der Waals surface area contributed by atoms with Crippen molar-refractivity contribution in [3.05, 3.63) is 77.0 Å². The van der Waals surface area contributed by atoms with Gasteiger partial charge >= 0.3 is 6.18 Å². The van der Waals surface area contributed by atoms with E-state index in [4.69, 9.17) is 4.74 Å². The van der Waals surface area contributed by atoms with Crippen LogP contribution in [0.4, 0.5) is 13.2 Å². The van der Waals surface area contributed by atoms with Crippen LogP contribution in [0.25, 0.3) is 11.4 Å². The largest absolute Gasteiger partial charge is 0.473 e. The average molecular weight is 358 g/mol. The summed E-state index contributed by atoms with van der Waals surface area (Å²) in [6.07, 6.45) is -4.37. The SMILES string of the molecule is Cc1ccc(COc2cc(C)nc(-c3ccc(C(F)(F)F)cc3)n2)cc1. The van der Waals surface area contributed by atoms with E-state index < -0.39 is 11.7 Å².